The molecular formula is C16H22N2S. The topological polar surface area (TPSA) is 29.3 Å². The van der Waals surface area contributed by atoms with Gasteiger partial charge in [-0.3, -0.25) is 4.90 Å². The molecule has 2 aromatic rings. The van der Waals surface area contributed by atoms with Crippen molar-refractivity contribution in [2.75, 3.05) is 13.1 Å². The van der Waals surface area contributed by atoms with Crippen LogP contribution in [-0.2, 0) is 6.54 Å². The van der Waals surface area contributed by atoms with E-state index in [1.54, 1.807) is 0 Å². The maximum absolute atomic E-state index is 5.85. The highest BCUT2D eigenvalue weighted by Crippen LogP contribution is 2.29. The van der Waals surface area contributed by atoms with E-state index in [-0.39, 0.29) is 0 Å². The summed E-state index contributed by atoms with van der Waals surface area (Å²) in [5, 5.41) is 3.75. The third kappa shape index (κ3) is 2.69. The van der Waals surface area contributed by atoms with Crippen LogP contribution in [0.2, 0.25) is 0 Å². The maximum atomic E-state index is 5.85. The predicted octanol–water partition coefficient (Wildman–Crippen LogP) is 3.46. The molecule has 0 spiro atoms. The average Bonchev–Trinajstić information content (AvgIpc) is 2.85. The van der Waals surface area contributed by atoms with E-state index in [0.29, 0.717) is 12.0 Å². The van der Waals surface area contributed by atoms with Crippen LogP contribution in [0.15, 0.2) is 29.6 Å². The van der Waals surface area contributed by atoms with Crippen LogP contribution >= 0.6 is 11.3 Å². The van der Waals surface area contributed by atoms with Crippen molar-refractivity contribution >= 4 is 21.4 Å². The molecule has 102 valence electrons. The minimum Gasteiger partial charge on any atom is -0.330 e. The molecule has 0 saturated carbocycles. The van der Waals surface area contributed by atoms with Crippen molar-refractivity contribution in [2.24, 2.45) is 11.7 Å². The number of nitrogens with zero attached hydrogens (tertiary/aromatic N) is 1. The van der Waals surface area contributed by atoms with Crippen LogP contribution in [0, 0.1) is 5.92 Å². The number of nitrogens with two attached hydrogens (primary N) is 1. The summed E-state index contributed by atoms with van der Waals surface area (Å²) in [7, 11) is 0. The highest BCUT2D eigenvalue weighted by molar-refractivity contribution is 7.17. The second kappa shape index (κ2) is 5.61. The van der Waals surface area contributed by atoms with Gasteiger partial charge in [0, 0.05) is 23.8 Å². The smallest absolute Gasteiger partial charge is 0.0346 e. The van der Waals surface area contributed by atoms with Gasteiger partial charge in [-0.2, -0.15) is 0 Å². The minimum absolute atomic E-state index is 0.682. The molecule has 3 rings (SSSR count). The van der Waals surface area contributed by atoms with Gasteiger partial charge in [0.15, 0.2) is 0 Å². The Labute approximate surface area is 119 Å². The van der Waals surface area contributed by atoms with E-state index in [9.17, 15) is 0 Å². The lowest BCUT2D eigenvalue weighted by Gasteiger charge is -2.37. The fourth-order valence-electron chi connectivity index (χ4n) is 3.05. The second-order valence-electron chi connectivity index (χ2n) is 5.71. The van der Waals surface area contributed by atoms with Gasteiger partial charge in [-0.25, -0.2) is 0 Å². The molecule has 0 radical (unpaired) electrons. The lowest BCUT2D eigenvalue weighted by atomic mass is 9.93. The Bertz CT molecular complexity index is 548. The van der Waals surface area contributed by atoms with Crippen molar-refractivity contribution in [1.29, 1.82) is 0 Å². The Balaban J connectivity index is 1.80. The summed E-state index contributed by atoms with van der Waals surface area (Å²) in [5.74, 6) is 0.682. The van der Waals surface area contributed by atoms with E-state index < -0.39 is 0 Å². The molecule has 19 heavy (non-hydrogen) atoms. The fourth-order valence-corrected chi connectivity index (χ4v) is 4.00. The Hall–Kier alpha value is -0.900. The third-order valence-corrected chi connectivity index (χ3v) is 5.39. The van der Waals surface area contributed by atoms with E-state index in [2.05, 4.69) is 41.5 Å². The first-order valence-electron chi connectivity index (χ1n) is 7.17. The van der Waals surface area contributed by atoms with Gasteiger partial charge in [-0.05, 0) is 54.6 Å². The van der Waals surface area contributed by atoms with Crippen LogP contribution in [-0.4, -0.2) is 24.0 Å². The highest BCUT2D eigenvalue weighted by Gasteiger charge is 2.25. The van der Waals surface area contributed by atoms with Crippen LogP contribution < -0.4 is 5.73 Å². The molecule has 1 saturated heterocycles. The molecule has 1 aliphatic rings. The van der Waals surface area contributed by atoms with Gasteiger partial charge in [-0.1, -0.05) is 18.2 Å². The van der Waals surface area contributed by atoms with Gasteiger partial charge in [0.25, 0.3) is 0 Å². The Morgan fingerprint density at radius 1 is 1.32 bits per heavy atom. The van der Waals surface area contributed by atoms with E-state index in [0.717, 1.165) is 19.6 Å². The summed E-state index contributed by atoms with van der Waals surface area (Å²) < 4.78 is 1.40. The van der Waals surface area contributed by atoms with Crippen LogP contribution in [0.5, 0.6) is 0 Å². The number of hydrogen-bond acceptors (Lipinski definition) is 3. The average molecular weight is 274 g/mol. The van der Waals surface area contributed by atoms with Crippen LogP contribution in [0.3, 0.4) is 0 Å². The summed E-state index contributed by atoms with van der Waals surface area (Å²) in [6.45, 7) is 5.40. The van der Waals surface area contributed by atoms with Crippen molar-refractivity contribution in [3.8, 4) is 0 Å². The Morgan fingerprint density at radius 3 is 3.00 bits per heavy atom. The fraction of sp³-hybridized carbons (Fsp3) is 0.500. The molecule has 1 aromatic heterocycles. The maximum Gasteiger partial charge on any atom is 0.0346 e. The number of likely N-dealkylation sites (tertiary alicyclic amines) is 1. The summed E-state index contributed by atoms with van der Waals surface area (Å²) in [5.41, 5.74) is 7.33. The molecule has 0 aliphatic carbocycles. The number of piperidine rings is 1. The lowest BCUT2D eigenvalue weighted by Crippen LogP contribution is -2.43. The first-order chi connectivity index (χ1) is 9.28. The van der Waals surface area contributed by atoms with Gasteiger partial charge in [0.2, 0.25) is 0 Å². The quantitative estimate of drug-likeness (QED) is 0.928. The zero-order valence-electron chi connectivity index (χ0n) is 11.5. The van der Waals surface area contributed by atoms with Crippen LogP contribution in [0.1, 0.15) is 25.3 Å². The Morgan fingerprint density at radius 2 is 2.16 bits per heavy atom. The Kier molecular flexibility index (Phi) is 3.87. The van der Waals surface area contributed by atoms with Gasteiger partial charge < -0.3 is 5.73 Å². The first-order valence-corrected chi connectivity index (χ1v) is 8.05. The van der Waals surface area contributed by atoms with Gasteiger partial charge in [0.1, 0.15) is 0 Å². The van der Waals surface area contributed by atoms with E-state index in [1.807, 2.05) is 11.3 Å². The molecule has 1 aliphatic heterocycles. The molecule has 2 unspecified atom stereocenters. The zero-order valence-corrected chi connectivity index (χ0v) is 12.3. The molecule has 2 N–H and O–H groups in total. The van der Waals surface area contributed by atoms with Crippen molar-refractivity contribution < 1.29 is 0 Å². The minimum atomic E-state index is 0.682. The lowest BCUT2D eigenvalue weighted by molar-refractivity contribution is 0.114. The van der Waals surface area contributed by atoms with Crippen molar-refractivity contribution in [1.82, 2.24) is 4.90 Å². The standard InChI is InChI=1S/C16H22N2S/c1-12-6-7-13(8-17)9-18(12)10-14-11-19-16-5-3-2-4-15(14)16/h2-5,11-13H,6-10,17H2,1H3. The van der Waals surface area contributed by atoms with Gasteiger partial charge in [0.05, 0.1) is 0 Å². The molecule has 0 amide bonds. The third-order valence-electron chi connectivity index (χ3n) is 4.38. The van der Waals surface area contributed by atoms with Crippen LogP contribution in [0.4, 0.5) is 0 Å². The molecule has 1 fully saturated rings. The van der Waals surface area contributed by atoms with E-state index in [1.165, 1.54) is 28.5 Å². The number of benzene rings is 1. The highest BCUT2D eigenvalue weighted by atomic mass is 32.1. The molecule has 3 heteroatoms. The number of rotatable bonds is 3. The van der Waals surface area contributed by atoms with Gasteiger partial charge >= 0.3 is 0 Å². The summed E-state index contributed by atoms with van der Waals surface area (Å²) in [6.07, 6.45) is 2.57. The van der Waals surface area contributed by atoms with E-state index in [4.69, 9.17) is 5.73 Å². The van der Waals surface area contributed by atoms with Gasteiger partial charge in [-0.15, -0.1) is 11.3 Å². The van der Waals surface area contributed by atoms with Crippen LogP contribution in [0.25, 0.3) is 10.1 Å². The molecule has 2 heterocycles. The number of hydrogen-bond donors (Lipinski definition) is 1. The largest absolute Gasteiger partial charge is 0.330 e. The van der Waals surface area contributed by atoms with E-state index >= 15 is 0 Å². The molecule has 1 aromatic carbocycles. The summed E-state index contributed by atoms with van der Waals surface area (Å²) in [6, 6.07) is 9.40. The number of thiophene rings is 1. The summed E-state index contributed by atoms with van der Waals surface area (Å²) >= 11 is 1.86. The zero-order chi connectivity index (χ0) is 13.2. The number of fused-ring (bicyclic) bond motifs is 1. The molecule has 2 atom stereocenters. The molecule has 0 bridgehead atoms. The van der Waals surface area contributed by atoms with Crippen molar-refractivity contribution in [3.05, 3.63) is 35.2 Å². The normalized spacial score (nSPS) is 24.9. The monoisotopic (exact) mass is 274 g/mol. The first kappa shape index (κ1) is 13.1. The molecule has 2 nitrogen and oxygen atoms in total. The summed E-state index contributed by atoms with van der Waals surface area (Å²) in [4.78, 5) is 2.61. The second-order valence-corrected chi connectivity index (χ2v) is 6.63. The SMILES string of the molecule is CC1CCC(CN)CN1Cc1csc2ccccc12. The van der Waals surface area contributed by atoms with Crippen molar-refractivity contribution in [2.45, 2.75) is 32.4 Å². The predicted molar refractivity (Wildman–Crippen MR) is 83.5 cm³/mol. The van der Waals surface area contributed by atoms with Crippen molar-refractivity contribution in [3.63, 3.8) is 0 Å². The molecular weight excluding hydrogens is 252 g/mol.